The number of unbranched alkanes of at least 4 members (excludes halogenated alkanes) is 1. The second-order valence-electron chi connectivity index (χ2n) is 14.3. The first-order valence-electron chi connectivity index (χ1n) is 15.4. The zero-order chi connectivity index (χ0) is 30.7. The Bertz CT molecular complexity index is 1180. The number of esters is 2. The second-order valence-corrected chi connectivity index (χ2v) is 14.3. The average Bonchev–Trinajstić information content (AvgIpc) is 3.10. The molecule has 0 bridgehead atoms. The highest BCUT2D eigenvalue weighted by Crippen LogP contribution is 2.70. The Kier molecular flexibility index (Phi) is 8.27. The van der Waals surface area contributed by atoms with Crippen molar-refractivity contribution < 1.29 is 38.6 Å². The summed E-state index contributed by atoms with van der Waals surface area (Å²) in [4.78, 5) is 67.8. The Morgan fingerprint density at radius 3 is 2.32 bits per heavy atom. The fourth-order valence-corrected chi connectivity index (χ4v) is 9.11. The van der Waals surface area contributed by atoms with E-state index in [0.717, 1.165) is 12.8 Å². The van der Waals surface area contributed by atoms with Gasteiger partial charge in [-0.1, -0.05) is 48.0 Å². The van der Waals surface area contributed by atoms with Crippen molar-refractivity contribution >= 4 is 29.3 Å². The molecule has 0 aliphatic heterocycles. The van der Waals surface area contributed by atoms with Crippen molar-refractivity contribution in [2.24, 2.45) is 39.4 Å². The number of Topliss-reactive ketones (excluding diaryl/α,β-unsaturated/α-hetero) is 3. The van der Waals surface area contributed by atoms with Gasteiger partial charge in [0, 0.05) is 48.2 Å². The Hall–Kier alpha value is -2.35. The molecule has 4 aliphatic rings. The number of hydrogen-bond donors (Lipinski definition) is 1. The molecule has 1 N–H and O–H groups in total. The minimum atomic E-state index is -1.33. The maximum absolute atomic E-state index is 14.6. The summed E-state index contributed by atoms with van der Waals surface area (Å²) in [7, 11) is 0. The predicted molar refractivity (Wildman–Crippen MR) is 151 cm³/mol. The van der Waals surface area contributed by atoms with Gasteiger partial charge in [-0.15, -0.1) is 0 Å². The number of hydrogen-bond acceptors (Lipinski definition) is 8. The third-order valence-electron chi connectivity index (χ3n) is 11.8. The van der Waals surface area contributed by atoms with Crippen LogP contribution in [0.4, 0.5) is 0 Å². The summed E-state index contributed by atoms with van der Waals surface area (Å²) >= 11 is 0. The van der Waals surface area contributed by atoms with Gasteiger partial charge in [0.2, 0.25) is 5.78 Å². The zero-order valence-electron chi connectivity index (χ0n) is 26.1. The van der Waals surface area contributed by atoms with Gasteiger partial charge in [-0.2, -0.15) is 0 Å². The van der Waals surface area contributed by atoms with Crippen molar-refractivity contribution in [1.82, 2.24) is 0 Å². The number of ketones is 3. The zero-order valence-corrected chi connectivity index (χ0v) is 26.1. The maximum Gasteiger partial charge on any atom is 0.305 e. The summed E-state index contributed by atoms with van der Waals surface area (Å²) < 4.78 is 11.2. The van der Waals surface area contributed by atoms with Crippen molar-refractivity contribution in [3.05, 3.63) is 11.1 Å². The second kappa shape index (κ2) is 10.7. The highest BCUT2D eigenvalue weighted by Gasteiger charge is 2.74. The lowest BCUT2D eigenvalue weighted by atomic mass is 9.42. The quantitative estimate of drug-likeness (QED) is 0.321. The summed E-state index contributed by atoms with van der Waals surface area (Å²) in [5.41, 5.74) is -3.26. The van der Waals surface area contributed by atoms with Crippen LogP contribution >= 0.6 is 0 Å². The molecule has 0 aromatic carbocycles. The van der Waals surface area contributed by atoms with Gasteiger partial charge in [0.05, 0.1) is 18.1 Å². The van der Waals surface area contributed by atoms with Crippen LogP contribution in [0.1, 0.15) is 107 Å². The van der Waals surface area contributed by atoms with E-state index >= 15 is 0 Å². The highest BCUT2D eigenvalue weighted by atomic mass is 16.5. The summed E-state index contributed by atoms with van der Waals surface area (Å²) in [6.07, 6.45) is 1.71. The fraction of sp³-hybridized carbons (Fsp3) is 0.788. The van der Waals surface area contributed by atoms with E-state index in [0.29, 0.717) is 31.4 Å². The molecule has 8 atom stereocenters. The van der Waals surface area contributed by atoms with Gasteiger partial charge in [-0.05, 0) is 55.8 Å². The van der Waals surface area contributed by atoms with Crippen LogP contribution in [-0.4, -0.2) is 53.2 Å². The molecule has 0 radical (unpaired) electrons. The molecule has 0 aromatic rings. The van der Waals surface area contributed by atoms with Gasteiger partial charge >= 0.3 is 11.9 Å². The smallest absolute Gasteiger partial charge is 0.305 e. The maximum atomic E-state index is 14.6. The lowest BCUT2D eigenvalue weighted by molar-refractivity contribution is -0.176. The van der Waals surface area contributed by atoms with Gasteiger partial charge in [0.15, 0.2) is 11.9 Å². The minimum absolute atomic E-state index is 0.124. The van der Waals surface area contributed by atoms with Crippen LogP contribution < -0.4 is 0 Å². The lowest BCUT2D eigenvalue weighted by Gasteiger charge is -2.61. The molecule has 0 spiro atoms. The molecular weight excluding hydrogens is 524 g/mol. The van der Waals surface area contributed by atoms with E-state index in [1.165, 1.54) is 6.92 Å². The number of aliphatic hydroxyl groups is 1. The van der Waals surface area contributed by atoms with Gasteiger partial charge in [-0.3, -0.25) is 24.0 Å². The number of carbonyl (C=O) groups excluding carboxylic acids is 5. The molecule has 0 amide bonds. The molecule has 0 unspecified atom stereocenters. The number of allylic oxidation sites excluding steroid dienone is 1. The van der Waals surface area contributed by atoms with E-state index in [4.69, 9.17) is 9.47 Å². The SMILES string of the molecule is CCCCOC(=O)CC[C@@H](C)[C@H]1CC(=O)[C@@]2(C)C3=C(C(=O)[C@@H](OC(C)=O)[C@]12C)[C@@]1(C)CC[C@H](O)C(C)(C)[C@H]1CC3=O. The monoisotopic (exact) mass is 572 g/mol. The highest BCUT2D eigenvalue weighted by molar-refractivity contribution is 6.18. The summed E-state index contributed by atoms with van der Waals surface area (Å²) in [6.45, 7) is 15.1. The molecule has 2 fully saturated rings. The molecule has 4 rings (SSSR count). The van der Waals surface area contributed by atoms with Crippen LogP contribution in [0.15, 0.2) is 11.1 Å². The van der Waals surface area contributed by atoms with Crippen LogP contribution in [-0.2, 0) is 33.4 Å². The Balaban J connectivity index is 1.82. The van der Waals surface area contributed by atoms with Gasteiger partial charge < -0.3 is 14.6 Å². The van der Waals surface area contributed by atoms with Crippen molar-refractivity contribution in [3.63, 3.8) is 0 Å². The van der Waals surface area contributed by atoms with Gasteiger partial charge in [0.1, 0.15) is 5.78 Å². The Labute approximate surface area is 244 Å². The van der Waals surface area contributed by atoms with Crippen LogP contribution in [0.2, 0.25) is 0 Å². The molecule has 0 aromatic heterocycles. The summed E-state index contributed by atoms with van der Waals surface area (Å²) in [5.74, 6) is -2.55. The van der Waals surface area contributed by atoms with Crippen molar-refractivity contribution in [2.45, 2.75) is 119 Å². The first kappa shape index (κ1) is 31.6. The molecule has 41 heavy (non-hydrogen) atoms. The molecule has 8 heteroatoms. The van der Waals surface area contributed by atoms with E-state index in [2.05, 4.69) is 0 Å². The van der Waals surface area contributed by atoms with Gasteiger partial charge in [-0.25, -0.2) is 0 Å². The largest absolute Gasteiger partial charge is 0.466 e. The molecule has 0 saturated heterocycles. The van der Waals surface area contributed by atoms with Crippen LogP contribution in [0.5, 0.6) is 0 Å². The van der Waals surface area contributed by atoms with E-state index in [1.807, 2.05) is 41.5 Å². The molecule has 4 aliphatic carbocycles. The summed E-state index contributed by atoms with van der Waals surface area (Å²) in [6, 6.07) is 0. The van der Waals surface area contributed by atoms with Crippen molar-refractivity contribution in [2.75, 3.05) is 6.61 Å². The van der Waals surface area contributed by atoms with E-state index in [1.54, 1.807) is 6.92 Å². The number of fused-ring (bicyclic) bond motifs is 4. The average molecular weight is 573 g/mol. The van der Waals surface area contributed by atoms with Crippen molar-refractivity contribution in [3.8, 4) is 0 Å². The first-order chi connectivity index (χ1) is 19.0. The van der Waals surface area contributed by atoms with Crippen LogP contribution in [0.25, 0.3) is 0 Å². The number of aliphatic hydroxyl groups excluding tert-OH is 1. The Morgan fingerprint density at radius 2 is 1.71 bits per heavy atom. The number of carbonyl (C=O) groups is 5. The Morgan fingerprint density at radius 1 is 1.05 bits per heavy atom. The molecule has 228 valence electrons. The summed E-state index contributed by atoms with van der Waals surface area (Å²) in [5, 5.41) is 10.9. The van der Waals surface area contributed by atoms with Gasteiger partial charge in [0.25, 0.3) is 0 Å². The minimum Gasteiger partial charge on any atom is -0.466 e. The number of rotatable bonds is 8. The third kappa shape index (κ3) is 4.54. The standard InChI is InChI=1S/C33H48O8/c1-9-10-15-40-25(38)12-11-18(2)20-16-24(37)33(8)26-21(35)17-22-30(4,5)23(36)13-14-31(22,6)27(26)28(39)29(32(20,33)7)41-19(3)34/h18,20,22-23,29,36H,9-17H2,1-8H3/t18-,20-,22-,23+,29-,31+,32+,33+/m1/s1. The third-order valence-corrected chi connectivity index (χ3v) is 11.8. The van der Waals surface area contributed by atoms with Crippen LogP contribution in [0.3, 0.4) is 0 Å². The number of ether oxygens (including phenoxy) is 2. The molecule has 8 nitrogen and oxygen atoms in total. The normalized spacial score (nSPS) is 38.6. The lowest BCUT2D eigenvalue weighted by Crippen LogP contribution is -2.65. The molecule has 2 saturated carbocycles. The first-order valence-corrected chi connectivity index (χ1v) is 15.4. The fourth-order valence-electron chi connectivity index (χ4n) is 9.11. The van der Waals surface area contributed by atoms with Crippen molar-refractivity contribution in [1.29, 1.82) is 0 Å². The van der Waals surface area contributed by atoms with E-state index in [-0.39, 0.29) is 54.2 Å². The van der Waals surface area contributed by atoms with E-state index in [9.17, 15) is 29.1 Å². The predicted octanol–water partition coefficient (Wildman–Crippen LogP) is 4.93. The van der Waals surface area contributed by atoms with E-state index < -0.39 is 51.5 Å². The molecule has 0 heterocycles. The van der Waals surface area contributed by atoms with Crippen LogP contribution in [0, 0.1) is 39.4 Å². The topological polar surface area (TPSA) is 124 Å². The molecular formula is C33H48O8.